The van der Waals surface area contributed by atoms with Crippen molar-refractivity contribution in [3.63, 3.8) is 0 Å². The van der Waals surface area contributed by atoms with Crippen LogP contribution >= 0.6 is 0 Å². The highest BCUT2D eigenvalue weighted by Gasteiger charge is 2.65. The second-order valence-electron chi connectivity index (χ2n) is 17.8. The predicted molar refractivity (Wildman–Crippen MR) is 204 cm³/mol. The van der Waals surface area contributed by atoms with Gasteiger partial charge in [-0.2, -0.15) is 0 Å². The van der Waals surface area contributed by atoms with Crippen LogP contribution in [-0.4, -0.2) is 22.8 Å². The molecule has 2 unspecified atom stereocenters. The molecule has 4 aliphatic carbocycles. The van der Waals surface area contributed by atoms with Gasteiger partial charge in [-0.3, -0.25) is 4.79 Å². The Kier molecular flexibility index (Phi) is 15.4. The summed E-state index contributed by atoms with van der Waals surface area (Å²) in [5.41, 5.74) is 0.945. The number of aliphatic hydroxyl groups is 1. The summed E-state index contributed by atoms with van der Waals surface area (Å²) in [6.07, 6.45) is 37.8. The molecule has 0 aromatic carbocycles. The van der Waals surface area contributed by atoms with Gasteiger partial charge >= 0.3 is 5.97 Å². The van der Waals surface area contributed by atoms with E-state index in [1.165, 1.54) is 89.0 Å². The Labute approximate surface area is 297 Å². The van der Waals surface area contributed by atoms with E-state index in [9.17, 15) is 9.90 Å². The highest BCUT2D eigenvalue weighted by Crippen LogP contribution is 2.68. The minimum atomic E-state index is -0.618. The molecule has 3 nitrogen and oxygen atoms in total. The van der Waals surface area contributed by atoms with E-state index in [1.54, 1.807) is 0 Å². The lowest BCUT2D eigenvalue weighted by Gasteiger charge is -2.63. The first-order valence-electron chi connectivity index (χ1n) is 21.0. The van der Waals surface area contributed by atoms with Crippen molar-refractivity contribution in [2.24, 2.45) is 40.4 Å². The van der Waals surface area contributed by atoms with Gasteiger partial charge in [-0.05, 0) is 118 Å². The van der Waals surface area contributed by atoms with E-state index in [0.29, 0.717) is 23.7 Å². The number of carbonyl (C=O) groups is 1. The standard InChI is InChI=1S/C45H76O3/c1-7-8-9-10-11-12-13-14-15-16-17-18-19-20-21-25-42(46)48-38-30-31-44(6)37(34-38)26-27-41-40-29-28-39(36(4)24-22-23-35(2)3)43(40,5)32-33-45(41,44)47/h11-12,14-15,26,35-36,38-41,47H,7-10,13,16-25,27-34H2,1-6H3/b12-11-,15-14-/t36-,38?,39-,40+,41+,43-,44+,45?/m1/s1. The van der Waals surface area contributed by atoms with Crippen LogP contribution in [0.3, 0.4) is 0 Å². The van der Waals surface area contributed by atoms with Crippen LogP contribution in [0.4, 0.5) is 0 Å². The number of hydrogen-bond donors (Lipinski definition) is 1. The lowest BCUT2D eigenvalue weighted by atomic mass is 9.44. The van der Waals surface area contributed by atoms with Crippen molar-refractivity contribution in [3.05, 3.63) is 36.0 Å². The lowest BCUT2D eigenvalue weighted by molar-refractivity contribution is -0.192. The topological polar surface area (TPSA) is 46.5 Å². The van der Waals surface area contributed by atoms with E-state index >= 15 is 0 Å². The Morgan fingerprint density at radius 2 is 1.56 bits per heavy atom. The molecule has 8 atom stereocenters. The average Bonchev–Trinajstić information content (AvgIpc) is 3.40. The highest BCUT2D eigenvalue weighted by molar-refractivity contribution is 5.69. The zero-order valence-electron chi connectivity index (χ0n) is 32.4. The molecule has 274 valence electrons. The minimum absolute atomic E-state index is 0.0183. The van der Waals surface area contributed by atoms with Crippen LogP contribution in [0.25, 0.3) is 0 Å². The number of hydrogen-bond acceptors (Lipinski definition) is 3. The first-order valence-corrected chi connectivity index (χ1v) is 21.0. The SMILES string of the molecule is CCCCC/C=C\C/C=C\CCCCCCCC(=O)OC1CC[C@@]2(C)C(=CC[C@H]3[C@@H]4CC[C@H]([C@H](C)CCCC(C)C)[C@@]4(C)CCC32O)C1. The van der Waals surface area contributed by atoms with E-state index in [1.807, 2.05) is 0 Å². The summed E-state index contributed by atoms with van der Waals surface area (Å²) in [6, 6.07) is 0. The minimum Gasteiger partial charge on any atom is -0.462 e. The van der Waals surface area contributed by atoms with Crippen molar-refractivity contribution >= 4 is 5.97 Å². The molecule has 0 aliphatic heterocycles. The lowest BCUT2D eigenvalue weighted by Crippen LogP contribution is -2.63. The third-order valence-electron chi connectivity index (χ3n) is 14.1. The number of esters is 1. The van der Waals surface area contributed by atoms with Crippen LogP contribution < -0.4 is 0 Å². The van der Waals surface area contributed by atoms with E-state index in [4.69, 9.17) is 4.74 Å². The van der Waals surface area contributed by atoms with Crippen molar-refractivity contribution in [1.82, 2.24) is 0 Å². The van der Waals surface area contributed by atoms with Gasteiger partial charge in [-0.15, -0.1) is 0 Å². The molecule has 3 heteroatoms. The van der Waals surface area contributed by atoms with Crippen LogP contribution in [0.1, 0.15) is 189 Å². The number of fused-ring (bicyclic) bond motifs is 5. The second-order valence-corrected chi connectivity index (χ2v) is 17.8. The van der Waals surface area contributed by atoms with Crippen LogP contribution in [0.15, 0.2) is 36.0 Å². The summed E-state index contributed by atoms with van der Waals surface area (Å²) >= 11 is 0. The first kappa shape index (κ1) is 39.4. The summed E-state index contributed by atoms with van der Waals surface area (Å²) in [6.45, 7) is 14.4. The van der Waals surface area contributed by atoms with Gasteiger partial charge in [0.05, 0.1) is 5.60 Å². The zero-order valence-corrected chi connectivity index (χ0v) is 32.4. The third kappa shape index (κ3) is 9.70. The molecule has 4 rings (SSSR count). The molecule has 4 aliphatic rings. The molecule has 0 radical (unpaired) electrons. The fourth-order valence-electron chi connectivity index (χ4n) is 11.0. The Hall–Kier alpha value is -1.35. The fraction of sp³-hybridized carbons (Fsp3) is 0.844. The van der Waals surface area contributed by atoms with Crippen LogP contribution in [-0.2, 0) is 9.53 Å². The average molecular weight is 665 g/mol. The molecule has 0 heterocycles. The molecule has 0 spiro atoms. The zero-order chi connectivity index (χ0) is 34.6. The quantitative estimate of drug-likeness (QED) is 0.0800. The Morgan fingerprint density at radius 3 is 2.29 bits per heavy atom. The van der Waals surface area contributed by atoms with E-state index in [0.717, 1.165) is 75.5 Å². The number of unbranched alkanes of at least 4 members (excludes halogenated alkanes) is 8. The summed E-state index contributed by atoms with van der Waals surface area (Å²) < 4.78 is 6.07. The normalized spacial score (nSPS) is 33.9. The third-order valence-corrected chi connectivity index (χ3v) is 14.1. The Balaban J connectivity index is 1.16. The molecule has 0 bridgehead atoms. The maximum absolute atomic E-state index is 12.8. The van der Waals surface area contributed by atoms with Gasteiger partial charge in [0.25, 0.3) is 0 Å². The maximum Gasteiger partial charge on any atom is 0.306 e. The van der Waals surface area contributed by atoms with Crippen LogP contribution in [0, 0.1) is 40.4 Å². The van der Waals surface area contributed by atoms with E-state index in [-0.39, 0.29) is 17.5 Å². The Morgan fingerprint density at radius 1 is 0.854 bits per heavy atom. The van der Waals surface area contributed by atoms with Gasteiger partial charge in [-0.25, -0.2) is 0 Å². The smallest absolute Gasteiger partial charge is 0.306 e. The molecular formula is C45H76O3. The van der Waals surface area contributed by atoms with E-state index < -0.39 is 5.60 Å². The molecule has 0 aromatic rings. The fourth-order valence-corrected chi connectivity index (χ4v) is 11.0. The van der Waals surface area contributed by atoms with Crippen LogP contribution in [0.2, 0.25) is 0 Å². The van der Waals surface area contributed by atoms with Crippen molar-refractivity contribution in [3.8, 4) is 0 Å². The largest absolute Gasteiger partial charge is 0.462 e. The molecule has 1 N–H and O–H groups in total. The molecule has 0 aromatic heterocycles. The molecule has 3 fully saturated rings. The molecule has 0 amide bonds. The van der Waals surface area contributed by atoms with Crippen molar-refractivity contribution < 1.29 is 14.6 Å². The summed E-state index contributed by atoms with van der Waals surface area (Å²) in [5.74, 6) is 3.36. The number of ether oxygens (including phenoxy) is 1. The van der Waals surface area contributed by atoms with Gasteiger partial charge < -0.3 is 9.84 Å². The van der Waals surface area contributed by atoms with Gasteiger partial charge in [0.1, 0.15) is 6.10 Å². The number of carbonyl (C=O) groups excluding carboxylic acids is 1. The predicted octanol–water partition coefficient (Wildman–Crippen LogP) is 12.9. The maximum atomic E-state index is 12.8. The van der Waals surface area contributed by atoms with Gasteiger partial charge in [0, 0.05) is 18.3 Å². The summed E-state index contributed by atoms with van der Waals surface area (Å²) in [7, 11) is 0. The molecule has 3 saturated carbocycles. The van der Waals surface area contributed by atoms with Gasteiger partial charge in [0.15, 0.2) is 0 Å². The van der Waals surface area contributed by atoms with E-state index in [2.05, 4.69) is 71.9 Å². The molecule has 0 saturated heterocycles. The highest BCUT2D eigenvalue weighted by atomic mass is 16.5. The van der Waals surface area contributed by atoms with Gasteiger partial charge in [-0.1, -0.05) is 129 Å². The molecule has 48 heavy (non-hydrogen) atoms. The number of allylic oxidation sites excluding steroid dienone is 5. The van der Waals surface area contributed by atoms with Crippen molar-refractivity contribution in [2.45, 2.75) is 201 Å². The van der Waals surface area contributed by atoms with Gasteiger partial charge in [0.2, 0.25) is 0 Å². The Bertz CT molecular complexity index is 1070. The summed E-state index contributed by atoms with van der Waals surface area (Å²) in [5, 5.41) is 12.6. The van der Waals surface area contributed by atoms with Crippen LogP contribution in [0.5, 0.6) is 0 Å². The number of rotatable bonds is 20. The summed E-state index contributed by atoms with van der Waals surface area (Å²) in [4.78, 5) is 12.8. The second kappa shape index (κ2) is 18.8. The molecular weight excluding hydrogens is 588 g/mol. The van der Waals surface area contributed by atoms with Crippen molar-refractivity contribution in [1.29, 1.82) is 0 Å². The monoisotopic (exact) mass is 665 g/mol. The van der Waals surface area contributed by atoms with Crippen molar-refractivity contribution in [2.75, 3.05) is 0 Å². The first-order chi connectivity index (χ1) is 23.0.